The van der Waals surface area contributed by atoms with Crippen molar-refractivity contribution in [1.82, 2.24) is 19.3 Å². The van der Waals surface area contributed by atoms with Crippen LogP contribution >= 0.6 is 0 Å². The van der Waals surface area contributed by atoms with Gasteiger partial charge < -0.3 is 0 Å². The van der Waals surface area contributed by atoms with Gasteiger partial charge in [-0.25, -0.2) is 13.1 Å². The van der Waals surface area contributed by atoms with Crippen molar-refractivity contribution in [1.29, 1.82) is 0 Å². The average molecular weight is 389 g/mol. The number of hydrogen-bond acceptors (Lipinski definition) is 6. The molecule has 0 fully saturated rings. The molecule has 1 atom stereocenters. The summed E-state index contributed by atoms with van der Waals surface area (Å²) in [6.45, 7) is 1.86. The minimum atomic E-state index is -3.61. The van der Waals surface area contributed by atoms with E-state index in [1.54, 1.807) is 23.7 Å². The lowest BCUT2D eigenvalue weighted by atomic mass is 10.1. The molecule has 3 aromatic rings. The fourth-order valence-electron chi connectivity index (χ4n) is 2.78. The molecule has 27 heavy (non-hydrogen) atoms. The third-order valence-corrected chi connectivity index (χ3v) is 6.42. The van der Waals surface area contributed by atoms with Crippen molar-refractivity contribution in [2.45, 2.75) is 19.5 Å². The van der Waals surface area contributed by atoms with E-state index >= 15 is 0 Å². The molecule has 0 aliphatic rings. The molecule has 0 unspecified atom stereocenters. The fraction of sp³-hybridized carbons (Fsp3) is 0.294. The number of benzene rings is 2. The number of fused-ring (bicyclic) bond motifs is 1. The molecule has 1 heterocycles. The molecule has 0 aliphatic heterocycles. The molecular weight excluding hydrogens is 370 g/mol. The Morgan fingerprint density at radius 1 is 1.22 bits per heavy atom. The smallest absolute Gasteiger partial charge is 0.258 e. The van der Waals surface area contributed by atoms with Crippen LogP contribution in [0.4, 0.5) is 5.69 Å². The summed E-state index contributed by atoms with van der Waals surface area (Å²) in [4.78, 5) is 10.4. The zero-order valence-electron chi connectivity index (χ0n) is 14.9. The van der Waals surface area contributed by atoms with Gasteiger partial charge in [0.15, 0.2) is 0 Å². The van der Waals surface area contributed by atoms with Crippen LogP contribution in [0.5, 0.6) is 0 Å². The summed E-state index contributed by atoms with van der Waals surface area (Å²) < 4.78 is 28.2. The lowest BCUT2D eigenvalue weighted by Gasteiger charge is -2.24. The molecule has 0 saturated carbocycles. The number of nitrogens with zero attached hydrogens (tertiary/aromatic N) is 5. The molecule has 9 nitrogen and oxygen atoms in total. The normalized spacial score (nSPS) is 13.1. The zero-order valence-corrected chi connectivity index (χ0v) is 15.7. The Kier molecular flexibility index (Phi) is 5.19. The third kappa shape index (κ3) is 3.96. The van der Waals surface area contributed by atoms with Gasteiger partial charge in [-0.05, 0) is 24.6 Å². The van der Waals surface area contributed by atoms with Gasteiger partial charge >= 0.3 is 0 Å². The van der Waals surface area contributed by atoms with Crippen molar-refractivity contribution in [3.63, 3.8) is 0 Å². The van der Waals surface area contributed by atoms with Crippen LogP contribution < -0.4 is 0 Å². The summed E-state index contributed by atoms with van der Waals surface area (Å²) in [6.07, 6.45) is 0. The Morgan fingerprint density at radius 3 is 2.70 bits per heavy atom. The summed E-state index contributed by atoms with van der Waals surface area (Å²) in [5.41, 5.74) is 1.95. The second-order valence-electron chi connectivity index (χ2n) is 6.16. The number of hydrogen-bond donors (Lipinski definition) is 0. The molecule has 0 aliphatic carbocycles. The lowest BCUT2D eigenvalue weighted by molar-refractivity contribution is -0.384. The first-order valence-corrected chi connectivity index (χ1v) is 9.89. The quantitative estimate of drug-likeness (QED) is 0.453. The molecular formula is C17H19N5O4S. The van der Waals surface area contributed by atoms with Crippen molar-refractivity contribution >= 4 is 26.7 Å². The van der Waals surface area contributed by atoms with Gasteiger partial charge in [0.25, 0.3) is 5.69 Å². The maximum Gasteiger partial charge on any atom is 0.269 e. The van der Waals surface area contributed by atoms with Crippen LogP contribution in [0.25, 0.3) is 11.0 Å². The molecule has 10 heteroatoms. The minimum absolute atomic E-state index is 0.0702. The first kappa shape index (κ1) is 18.9. The van der Waals surface area contributed by atoms with Gasteiger partial charge in [0.05, 0.1) is 22.7 Å². The molecule has 2 aromatic carbocycles. The summed E-state index contributed by atoms with van der Waals surface area (Å²) in [6, 6.07) is 12.8. The molecule has 0 saturated heterocycles. The van der Waals surface area contributed by atoms with Crippen molar-refractivity contribution in [2.24, 2.45) is 0 Å². The largest absolute Gasteiger partial charge is 0.269 e. The predicted molar refractivity (Wildman–Crippen MR) is 101 cm³/mol. The average Bonchev–Trinajstić information content (AvgIpc) is 3.08. The van der Waals surface area contributed by atoms with Crippen molar-refractivity contribution in [3.05, 3.63) is 64.2 Å². The molecule has 0 bridgehead atoms. The number of nitro groups is 1. The van der Waals surface area contributed by atoms with Gasteiger partial charge in [-0.1, -0.05) is 29.5 Å². The molecule has 0 amide bonds. The van der Waals surface area contributed by atoms with E-state index in [1.165, 1.54) is 23.5 Å². The van der Waals surface area contributed by atoms with Gasteiger partial charge in [0.1, 0.15) is 5.52 Å². The highest BCUT2D eigenvalue weighted by molar-refractivity contribution is 7.89. The molecule has 0 radical (unpaired) electrons. The zero-order chi connectivity index (χ0) is 19.6. The molecule has 0 N–H and O–H groups in total. The number of rotatable bonds is 7. The van der Waals surface area contributed by atoms with Gasteiger partial charge in [-0.3, -0.25) is 10.1 Å². The first-order chi connectivity index (χ1) is 12.8. The summed E-state index contributed by atoms with van der Waals surface area (Å²) in [7, 11) is -2.14. The highest BCUT2D eigenvalue weighted by Crippen LogP contribution is 2.25. The minimum Gasteiger partial charge on any atom is -0.258 e. The van der Waals surface area contributed by atoms with Crippen molar-refractivity contribution in [3.8, 4) is 0 Å². The topological polar surface area (TPSA) is 111 Å². The van der Waals surface area contributed by atoms with Crippen LogP contribution in [0.3, 0.4) is 0 Å². The third-order valence-electron chi connectivity index (χ3n) is 4.53. The highest BCUT2D eigenvalue weighted by atomic mass is 32.2. The van der Waals surface area contributed by atoms with Gasteiger partial charge in [-0.15, -0.1) is 5.10 Å². The van der Waals surface area contributed by atoms with Crippen LogP contribution in [0.1, 0.15) is 18.5 Å². The van der Waals surface area contributed by atoms with Gasteiger partial charge in [0.2, 0.25) is 10.0 Å². The summed E-state index contributed by atoms with van der Waals surface area (Å²) >= 11 is 0. The lowest BCUT2D eigenvalue weighted by Crippen LogP contribution is -2.33. The standard InChI is InChI=1S/C17H19N5O4S/c1-13(14-6-5-7-15(12-14)22(23)24)20(2)27(25,26)11-10-21-17-9-4-3-8-16(17)18-19-21/h3-9,12-13H,10-11H2,1-2H3/t13-/m0/s1. The van der Waals surface area contributed by atoms with Crippen molar-refractivity contribution in [2.75, 3.05) is 12.8 Å². The number of non-ortho nitro benzene ring substituents is 1. The van der Waals surface area contributed by atoms with Crippen LogP contribution in [0.15, 0.2) is 48.5 Å². The molecule has 1 aromatic heterocycles. The van der Waals surface area contributed by atoms with E-state index in [2.05, 4.69) is 10.3 Å². The van der Waals surface area contributed by atoms with E-state index in [1.807, 2.05) is 24.3 Å². The number of para-hydroxylation sites is 1. The second kappa shape index (κ2) is 7.41. The van der Waals surface area contributed by atoms with Gasteiger partial charge in [-0.2, -0.15) is 4.31 Å². The Bertz CT molecular complexity index is 1080. The van der Waals surface area contributed by atoms with E-state index in [4.69, 9.17) is 0 Å². The number of aromatic nitrogens is 3. The molecule has 142 valence electrons. The monoisotopic (exact) mass is 389 g/mol. The Balaban J connectivity index is 1.75. The van der Waals surface area contributed by atoms with Crippen LogP contribution in [0.2, 0.25) is 0 Å². The predicted octanol–water partition coefficient (Wildman–Crippen LogP) is 2.36. The van der Waals surface area contributed by atoms with E-state index in [9.17, 15) is 18.5 Å². The van der Waals surface area contributed by atoms with Crippen molar-refractivity contribution < 1.29 is 13.3 Å². The highest BCUT2D eigenvalue weighted by Gasteiger charge is 2.25. The van der Waals surface area contributed by atoms with E-state index in [0.717, 1.165) is 5.52 Å². The van der Waals surface area contributed by atoms with E-state index in [-0.39, 0.29) is 18.0 Å². The molecule has 0 spiro atoms. The number of nitro benzene ring substituents is 1. The van der Waals surface area contributed by atoms with E-state index < -0.39 is 21.0 Å². The maximum absolute atomic E-state index is 12.7. The Hall–Kier alpha value is -2.85. The SMILES string of the molecule is C[C@@H](c1cccc([N+](=O)[O-])c1)N(C)S(=O)(=O)CCn1nnc2ccccc21. The molecule has 3 rings (SSSR count). The van der Waals surface area contributed by atoms with Crippen LogP contribution in [0, 0.1) is 10.1 Å². The van der Waals surface area contributed by atoms with Crippen LogP contribution in [-0.4, -0.2) is 45.4 Å². The van der Waals surface area contributed by atoms with Gasteiger partial charge in [0, 0.05) is 25.2 Å². The Labute approximate surface area is 156 Å². The summed E-state index contributed by atoms with van der Waals surface area (Å²) in [5, 5.41) is 19.0. The maximum atomic E-state index is 12.7. The number of sulfonamides is 1. The van der Waals surface area contributed by atoms with E-state index in [0.29, 0.717) is 11.1 Å². The first-order valence-electron chi connectivity index (χ1n) is 8.28. The number of aryl methyl sites for hydroxylation is 1. The second-order valence-corrected chi connectivity index (χ2v) is 8.31. The summed E-state index contributed by atoms with van der Waals surface area (Å²) in [5.74, 6) is -0.157. The fourth-order valence-corrected chi connectivity index (χ4v) is 4.07. The van der Waals surface area contributed by atoms with Crippen LogP contribution in [-0.2, 0) is 16.6 Å². The Morgan fingerprint density at radius 2 is 1.96 bits per heavy atom.